The first kappa shape index (κ1) is 25.5. The van der Waals surface area contributed by atoms with Gasteiger partial charge in [0.1, 0.15) is 11.6 Å². The Morgan fingerprint density at radius 3 is 2.43 bits per heavy atom. The van der Waals surface area contributed by atoms with Crippen molar-refractivity contribution in [2.75, 3.05) is 26.2 Å². The van der Waals surface area contributed by atoms with Gasteiger partial charge in [-0.05, 0) is 68.2 Å². The monoisotopic (exact) mass is 500 g/mol. The van der Waals surface area contributed by atoms with Crippen molar-refractivity contribution >= 4 is 22.7 Å². The number of benzene rings is 2. The van der Waals surface area contributed by atoms with Crippen LogP contribution in [0.15, 0.2) is 60.8 Å². The average molecular weight is 501 g/mol. The average Bonchev–Trinajstić information content (AvgIpc) is 3.32. The predicted octanol–water partition coefficient (Wildman–Crippen LogP) is 4.55. The van der Waals surface area contributed by atoms with Gasteiger partial charge in [0, 0.05) is 36.7 Å². The minimum Gasteiger partial charge on any atom is -0.361 e. The highest BCUT2D eigenvalue weighted by atomic mass is 16.2. The van der Waals surface area contributed by atoms with E-state index in [1.54, 1.807) is 0 Å². The Bertz CT molecular complexity index is 1210. The van der Waals surface area contributed by atoms with Crippen LogP contribution in [0.4, 0.5) is 0 Å². The number of fused-ring (bicyclic) bond motifs is 1. The van der Waals surface area contributed by atoms with E-state index in [1.165, 1.54) is 16.5 Å². The Kier molecular flexibility index (Phi) is 7.65. The molecule has 1 unspecified atom stereocenters. The lowest BCUT2D eigenvalue weighted by atomic mass is 9.80. The molecule has 2 aliphatic rings. The lowest BCUT2D eigenvalue weighted by Gasteiger charge is -2.52. The summed E-state index contributed by atoms with van der Waals surface area (Å²) in [6, 6.07) is 18.5. The normalized spacial score (nSPS) is 20.2. The second-order valence-electron chi connectivity index (χ2n) is 11.2. The quantitative estimate of drug-likeness (QED) is 0.453. The van der Waals surface area contributed by atoms with Gasteiger partial charge in [-0.25, -0.2) is 0 Å². The summed E-state index contributed by atoms with van der Waals surface area (Å²) in [7, 11) is 0. The van der Waals surface area contributed by atoms with Crippen LogP contribution in [0.1, 0.15) is 50.7 Å². The number of hydrogen-bond donors (Lipinski definition) is 2. The molecule has 1 aromatic heterocycles. The van der Waals surface area contributed by atoms with Gasteiger partial charge in [-0.2, -0.15) is 0 Å². The Morgan fingerprint density at radius 1 is 0.946 bits per heavy atom. The first-order valence-corrected chi connectivity index (χ1v) is 13.9. The number of aryl methyl sites for hydroxylation is 1. The van der Waals surface area contributed by atoms with Gasteiger partial charge < -0.3 is 20.1 Å². The third kappa shape index (κ3) is 5.45. The summed E-state index contributed by atoms with van der Waals surface area (Å²) in [4.78, 5) is 35.2. The zero-order valence-electron chi connectivity index (χ0n) is 22.2. The molecule has 0 saturated carbocycles. The maximum absolute atomic E-state index is 13.8. The van der Waals surface area contributed by atoms with Crippen LogP contribution in [0.2, 0.25) is 0 Å². The van der Waals surface area contributed by atoms with E-state index in [0.717, 1.165) is 44.4 Å². The number of carbonyl (C=O) groups excluding carboxylic acids is 2. The van der Waals surface area contributed by atoms with Crippen molar-refractivity contribution in [3.05, 3.63) is 71.9 Å². The summed E-state index contributed by atoms with van der Waals surface area (Å²) in [5.74, 6) is 0.469. The van der Waals surface area contributed by atoms with Crippen LogP contribution < -0.4 is 5.32 Å². The third-order valence-electron chi connectivity index (χ3n) is 8.26. The molecular weight excluding hydrogens is 460 g/mol. The van der Waals surface area contributed by atoms with Gasteiger partial charge in [-0.1, -0.05) is 62.4 Å². The van der Waals surface area contributed by atoms with Crippen LogP contribution in [0.5, 0.6) is 0 Å². The molecule has 0 radical (unpaired) electrons. The van der Waals surface area contributed by atoms with Crippen LogP contribution in [0, 0.1) is 5.92 Å². The zero-order chi connectivity index (χ0) is 25.8. The maximum Gasteiger partial charge on any atom is 0.246 e. The van der Waals surface area contributed by atoms with E-state index in [4.69, 9.17) is 0 Å². The van der Waals surface area contributed by atoms with Gasteiger partial charge in [0.25, 0.3) is 0 Å². The van der Waals surface area contributed by atoms with Gasteiger partial charge in [-0.15, -0.1) is 0 Å². The summed E-state index contributed by atoms with van der Waals surface area (Å²) in [6.07, 6.45) is 7.01. The predicted molar refractivity (Wildman–Crippen MR) is 148 cm³/mol. The second-order valence-corrected chi connectivity index (χ2v) is 11.2. The fraction of sp³-hybridized carbons (Fsp3) is 0.484. The molecule has 2 aliphatic heterocycles. The molecule has 0 aliphatic carbocycles. The van der Waals surface area contributed by atoms with Gasteiger partial charge in [0.2, 0.25) is 11.8 Å². The summed E-state index contributed by atoms with van der Waals surface area (Å²) in [5.41, 5.74) is 2.93. The van der Waals surface area contributed by atoms with Crippen LogP contribution >= 0.6 is 0 Å². The topological polar surface area (TPSA) is 68.4 Å². The van der Waals surface area contributed by atoms with E-state index in [9.17, 15) is 9.59 Å². The molecule has 0 bridgehead atoms. The zero-order valence-corrected chi connectivity index (χ0v) is 22.2. The molecule has 37 heavy (non-hydrogen) atoms. The van der Waals surface area contributed by atoms with Crippen molar-refractivity contribution in [1.82, 2.24) is 20.1 Å². The number of piperidine rings is 1. The molecule has 5 rings (SSSR count). The second kappa shape index (κ2) is 11.1. The molecule has 2 amide bonds. The van der Waals surface area contributed by atoms with Crippen molar-refractivity contribution in [2.24, 2.45) is 5.92 Å². The summed E-state index contributed by atoms with van der Waals surface area (Å²) in [5, 5.41) is 4.33. The smallest absolute Gasteiger partial charge is 0.246 e. The largest absolute Gasteiger partial charge is 0.361 e. The van der Waals surface area contributed by atoms with E-state index in [-0.39, 0.29) is 11.8 Å². The summed E-state index contributed by atoms with van der Waals surface area (Å²) < 4.78 is 0. The lowest BCUT2D eigenvalue weighted by molar-refractivity contribution is -0.161. The molecule has 6 nitrogen and oxygen atoms in total. The first-order chi connectivity index (χ1) is 18.0. The van der Waals surface area contributed by atoms with Crippen LogP contribution in [0.25, 0.3) is 10.9 Å². The highest BCUT2D eigenvalue weighted by molar-refractivity contribution is 6.00. The number of aromatic nitrogens is 1. The Hall–Kier alpha value is -3.12. The fourth-order valence-corrected chi connectivity index (χ4v) is 6.20. The fourth-order valence-electron chi connectivity index (χ4n) is 6.20. The highest BCUT2D eigenvalue weighted by Gasteiger charge is 2.53. The molecule has 196 valence electrons. The molecule has 2 fully saturated rings. The van der Waals surface area contributed by atoms with E-state index in [1.807, 2.05) is 23.2 Å². The molecule has 2 saturated heterocycles. The molecule has 2 N–H and O–H groups in total. The van der Waals surface area contributed by atoms with E-state index in [2.05, 4.69) is 71.5 Å². The summed E-state index contributed by atoms with van der Waals surface area (Å²) >= 11 is 0. The number of para-hydroxylation sites is 1. The van der Waals surface area contributed by atoms with E-state index in [0.29, 0.717) is 31.7 Å². The first-order valence-electron chi connectivity index (χ1n) is 13.9. The van der Waals surface area contributed by atoms with Gasteiger partial charge in [-0.3, -0.25) is 9.59 Å². The minimum atomic E-state index is -0.743. The Morgan fingerprint density at radius 2 is 1.68 bits per heavy atom. The Balaban J connectivity index is 1.28. The molecule has 3 aromatic rings. The SMILES string of the molecule is CC(C)CC1NC(=O)C2(CCN(CCCc3ccccc3)CC2)N(CCc2c[nH]c3ccccc23)C1=O. The van der Waals surface area contributed by atoms with Crippen molar-refractivity contribution in [3.63, 3.8) is 0 Å². The molecule has 1 atom stereocenters. The number of rotatable bonds is 9. The van der Waals surface area contributed by atoms with Gasteiger partial charge >= 0.3 is 0 Å². The number of amides is 2. The number of nitrogens with one attached hydrogen (secondary N) is 2. The number of likely N-dealkylation sites (tertiary alicyclic amines) is 1. The Labute approximate surface area is 220 Å². The van der Waals surface area contributed by atoms with Crippen molar-refractivity contribution in [1.29, 1.82) is 0 Å². The van der Waals surface area contributed by atoms with Crippen molar-refractivity contribution < 1.29 is 9.59 Å². The minimum absolute atomic E-state index is 0.0422. The van der Waals surface area contributed by atoms with E-state index >= 15 is 0 Å². The highest BCUT2D eigenvalue weighted by Crippen LogP contribution is 2.34. The molecule has 1 spiro atoms. The van der Waals surface area contributed by atoms with Gasteiger partial charge in [0.05, 0.1) is 0 Å². The molecule has 2 aromatic carbocycles. The molecular formula is C31H40N4O2. The lowest BCUT2D eigenvalue weighted by Crippen LogP contribution is -2.73. The molecule has 3 heterocycles. The van der Waals surface area contributed by atoms with E-state index < -0.39 is 11.6 Å². The number of piperazine rings is 1. The summed E-state index contributed by atoms with van der Waals surface area (Å²) in [6.45, 7) is 7.48. The van der Waals surface area contributed by atoms with Crippen molar-refractivity contribution in [2.45, 2.75) is 64.0 Å². The maximum atomic E-state index is 13.8. The standard InChI is InChI=1S/C31H40N4O2/c1-23(2)21-28-29(36)35(18-14-25-22-32-27-13-7-6-12-26(25)27)31(30(37)33-28)15-19-34(20-16-31)17-8-11-24-9-4-3-5-10-24/h3-7,9-10,12-13,22-23,28,32H,8,11,14-21H2,1-2H3,(H,33,37). The van der Waals surface area contributed by atoms with Crippen molar-refractivity contribution in [3.8, 4) is 0 Å². The molecule has 6 heteroatoms. The number of hydrogen-bond acceptors (Lipinski definition) is 3. The number of H-pyrrole nitrogens is 1. The van der Waals surface area contributed by atoms with Crippen LogP contribution in [-0.2, 0) is 22.4 Å². The van der Waals surface area contributed by atoms with Gasteiger partial charge in [0.15, 0.2) is 0 Å². The number of nitrogens with zero attached hydrogens (tertiary/aromatic N) is 2. The number of carbonyl (C=O) groups is 2. The van der Waals surface area contributed by atoms with Crippen LogP contribution in [0.3, 0.4) is 0 Å². The third-order valence-corrected chi connectivity index (χ3v) is 8.26. The number of aromatic amines is 1. The van der Waals surface area contributed by atoms with Crippen LogP contribution in [-0.4, -0.2) is 64.4 Å².